The van der Waals surface area contributed by atoms with Crippen LogP contribution in [0, 0.1) is 17.8 Å². The van der Waals surface area contributed by atoms with Gasteiger partial charge >= 0.3 is 6.18 Å². The molecule has 1 saturated carbocycles. The molecule has 1 aliphatic heterocycles. The molecule has 1 heterocycles. The van der Waals surface area contributed by atoms with Crippen molar-refractivity contribution in [1.82, 2.24) is 10.2 Å². The Morgan fingerprint density at radius 2 is 1.89 bits per heavy atom. The van der Waals surface area contributed by atoms with Gasteiger partial charge in [-0.1, -0.05) is 44.2 Å². The molecule has 156 valence electrons. The fraction of sp³-hybridized carbons (Fsp3) is 0.667. The van der Waals surface area contributed by atoms with Gasteiger partial charge in [-0.25, -0.2) is 0 Å². The zero-order valence-electron chi connectivity index (χ0n) is 16.5. The molecule has 2 aliphatic rings. The second kappa shape index (κ2) is 8.03. The summed E-state index contributed by atoms with van der Waals surface area (Å²) in [7, 11) is 0. The number of carbonyl (C=O) groups excluding carboxylic acids is 1. The summed E-state index contributed by atoms with van der Waals surface area (Å²) in [5.74, 6) is -1.15. The number of alkyl halides is 3. The van der Waals surface area contributed by atoms with Gasteiger partial charge in [0.25, 0.3) is 0 Å². The summed E-state index contributed by atoms with van der Waals surface area (Å²) in [5.41, 5.74) is 3.64. The highest BCUT2D eigenvalue weighted by atomic mass is 19.4. The van der Waals surface area contributed by atoms with Gasteiger partial charge in [0.1, 0.15) is 0 Å². The summed E-state index contributed by atoms with van der Waals surface area (Å²) in [5, 5.41) is 3.31. The molecule has 3 N–H and O–H groups in total. The summed E-state index contributed by atoms with van der Waals surface area (Å²) in [6.07, 6.45) is -3.54. The quantitative estimate of drug-likeness (QED) is 0.742. The fourth-order valence-electron chi connectivity index (χ4n) is 5.19. The lowest BCUT2D eigenvalue weighted by molar-refractivity contribution is -0.241. The van der Waals surface area contributed by atoms with E-state index in [0.717, 1.165) is 18.5 Å². The second-order valence-electron chi connectivity index (χ2n) is 8.66. The van der Waals surface area contributed by atoms with Crippen molar-refractivity contribution in [2.75, 3.05) is 13.1 Å². The van der Waals surface area contributed by atoms with Crippen molar-refractivity contribution in [3.05, 3.63) is 35.9 Å². The fourth-order valence-corrected chi connectivity index (χ4v) is 5.19. The maximum Gasteiger partial charge on any atom is 0.415 e. The van der Waals surface area contributed by atoms with Crippen LogP contribution in [-0.4, -0.2) is 41.7 Å². The Balaban J connectivity index is 2.09. The van der Waals surface area contributed by atoms with Crippen LogP contribution in [0.5, 0.6) is 0 Å². The lowest BCUT2D eigenvalue weighted by atomic mass is 9.82. The van der Waals surface area contributed by atoms with E-state index in [-0.39, 0.29) is 30.8 Å². The van der Waals surface area contributed by atoms with Gasteiger partial charge in [-0.3, -0.25) is 9.69 Å². The van der Waals surface area contributed by atoms with Crippen molar-refractivity contribution in [3.63, 3.8) is 0 Å². The van der Waals surface area contributed by atoms with Crippen molar-refractivity contribution < 1.29 is 18.0 Å². The highest BCUT2D eigenvalue weighted by Gasteiger charge is 2.65. The number of amides is 1. The molecule has 3 unspecified atom stereocenters. The minimum absolute atomic E-state index is 0.0594. The van der Waals surface area contributed by atoms with Crippen LogP contribution in [0.3, 0.4) is 0 Å². The van der Waals surface area contributed by atoms with Gasteiger partial charge in [0.15, 0.2) is 5.54 Å². The monoisotopic (exact) mass is 397 g/mol. The van der Waals surface area contributed by atoms with E-state index >= 15 is 0 Å². The summed E-state index contributed by atoms with van der Waals surface area (Å²) in [6, 6.07) is 8.74. The van der Waals surface area contributed by atoms with Crippen molar-refractivity contribution in [2.24, 2.45) is 23.5 Å². The molecule has 1 amide bonds. The highest BCUT2D eigenvalue weighted by Crippen LogP contribution is 2.47. The van der Waals surface area contributed by atoms with E-state index in [1.807, 2.05) is 30.3 Å². The minimum Gasteiger partial charge on any atom is -0.368 e. The zero-order chi connectivity index (χ0) is 20.5. The average molecular weight is 397 g/mol. The molecule has 1 aliphatic carbocycles. The number of primary amides is 1. The molecule has 7 heteroatoms. The Labute approximate surface area is 164 Å². The third kappa shape index (κ3) is 3.79. The van der Waals surface area contributed by atoms with Crippen LogP contribution in [-0.2, 0) is 11.3 Å². The predicted octanol–water partition coefficient (Wildman–Crippen LogP) is 3.32. The lowest BCUT2D eigenvalue weighted by Gasteiger charge is -2.48. The molecule has 1 aromatic rings. The number of nitrogens with zero attached hydrogens (tertiary/aromatic N) is 1. The SMILES string of the molecule is CC(C)C[C@](C(N)=O)(N(Cc1ccccc1)C1CCC2CNCC21)C(F)(F)F. The van der Waals surface area contributed by atoms with E-state index in [1.54, 1.807) is 13.8 Å². The zero-order valence-corrected chi connectivity index (χ0v) is 16.5. The van der Waals surface area contributed by atoms with Crippen molar-refractivity contribution >= 4 is 5.91 Å². The number of fused-ring (bicyclic) bond motifs is 1. The smallest absolute Gasteiger partial charge is 0.368 e. The van der Waals surface area contributed by atoms with Gasteiger partial charge in [0.2, 0.25) is 5.91 Å². The van der Waals surface area contributed by atoms with Crippen LogP contribution >= 0.6 is 0 Å². The Bertz CT molecular complexity index is 679. The Morgan fingerprint density at radius 1 is 1.21 bits per heavy atom. The summed E-state index contributed by atoms with van der Waals surface area (Å²) in [4.78, 5) is 13.9. The third-order valence-electron chi connectivity index (χ3n) is 6.39. The lowest BCUT2D eigenvalue weighted by Crippen LogP contribution is -2.69. The summed E-state index contributed by atoms with van der Waals surface area (Å²) < 4.78 is 43.7. The highest BCUT2D eigenvalue weighted by molar-refractivity contribution is 5.86. The first-order valence-electron chi connectivity index (χ1n) is 10.0. The molecule has 0 spiro atoms. The van der Waals surface area contributed by atoms with E-state index in [9.17, 15) is 18.0 Å². The normalized spacial score (nSPS) is 27.2. The molecule has 3 rings (SSSR count). The number of nitrogens with two attached hydrogens (primary N) is 1. The summed E-state index contributed by atoms with van der Waals surface area (Å²) >= 11 is 0. The number of halogens is 3. The molecular formula is C21H30F3N3O. The van der Waals surface area contributed by atoms with Crippen LogP contribution in [0.25, 0.3) is 0 Å². The van der Waals surface area contributed by atoms with E-state index in [2.05, 4.69) is 5.32 Å². The molecular weight excluding hydrogens is 367 g/mol. The van der Waals surface area contributed by atoms with Crippen molar-refractivity contribution in [3.8, 4) is 0 Å². The maximum atomic E-state index is 14.6. The van der Waals surface area contributed by atoms with Gasteiger partial charge in [0, 0.05) is 12.6 Å². The Kier molecular flexibility index (Phi) is 6.05. The van der Waals surface area contributed by atoms with Gasteiger partial charge in [-0.05, 0) is 55.7 Å². The maximum absolute atomic E-state index is 14.6. The Morgan fingerprint density at radius 3 is 2.46 bits per heavy atom. The molecule has 0 radical (unpaired) electrons. The summed E-state index contributed by atoms with van der Waals surface area (Å²) in [6.45, 7) is 5.00. The first-order chi connectivity index (χ1) is 13.2. The van der Waals surface area contributed by atoms with Gasteiger partial charge in [0.05, 0.1) is 0 Å². The molecule has 1 saturated heterocycles. The predicted molar refractivity (Wildman–Crippen MR) is 102 cm³/mol. The first kappa shape index (κ1) is 21.1. The Hall–Kier alpha value is -1.60. The van der Waals surface area contributed by atoms with E-state index in [0.29, 0.717) is 18.9 Å². The number of carbonyl (C=O) groups is 1. The molecule has 1 aromatic carbocycles. The number of rotatable bonds is 7. The van der Waals surface area contributed by atoms with E-state index in [4.69, 9.17) is 5.73 Å². The van der Waals surface area contributed by atoms with Crippen LogP contribution in [0.4, 0.5) is 13.2 Å². The topological polar surface area (TPSA) is 58.4 Å². The standard InChI is InChI=1S/C21H30F3N3O/c1-14(2)10-20(19(25)28,21(22,23)24)27(13-15-6-4-3-5-7-15)18-9-8-16-11-26-12-17(16)18/h3-7,14,16-18,26H,8-13H2,1-2H3,(H2,25,28)/t16?,17?,18?,20-/m1/s1. The van der Waals surface area contributed by atoms with Gasteiger partial charge in [-0.15, -0.1) is 0 Å². The third-order valence-corrected chi connectivity index (χ3v) is 6.39. The first-order valence-corrected chi connectivity index (χ1v) is 10.0. The number of hydrogen-bond acceptors (Lipinski definition) is 3. The van der Waals surface area contributed by atoms with Gasteiger partial charge < -0.3 is 11.1 Å². The molecule has 4 atom stereocenters. The largest absolute Gasteiger partial charge is 0.415 e. The van der Waals surface area contributed by atoms with Crippen molar-refractivity contribution in [1.29, 1.82) is 0 Å². The molecule has 0 aromatic heterocycles. The average Bonchev–Trinajstić information content (AvgIpc) is 3.21. The number of benzene rings is 1. The number of hydrogen-bond donors (Lipinski definition) is 2. The van der Waals surface area contributed by atoms with Crippen LogP contribution in [0.1, 0.15) is 38.7 Å². The van der Waals surface area contributed by atoms with Gasteiger partial charge in [-0.2, -0.15) is 13.2 Å². The molecule has 4 nitrogen and oxygen atoms in total. The van der Waals surface area contributed by atoms with Crippen LogP contribution in [0.2, 0.25) is 0 Å². The van der Waals surface area contributed by atoms with Crippen LogP contribution < -0.4 is 11.1 Å². The van der Waals surface area contributed by atoms with E-state index < -0.39 is 17.6 Å². The van der Waals surface area contributed by atoms with E-state index in [1.165, 1.54) is 4.90 Å². The number of nitrogens with one attached hydrogen (secondary N) is 1. The molecule has 0 bridgehead atoms. The molecule has 2 fully saturated rings. The second-order valence-corrected chi connectivity index (χ2v) is 8.66. The molecule has 28 heavy (non-hydrogen) atoms. The van der Waals surface area contributed by atoms with Crippen LogP contribution in [0.15, 0.2) is 30.3 Å². The minimum atomic E-state index is -4.75. The van der Waals surface area contributed by atoms with Crippen molar-refractivity contribution in [2.45, 2.75) is 57.4 Å².